The first-order chi connectivity index (χ1) is 10.8. The first kappa shape index (κ1) is 17.7. The van der Waals surface area contributed by atoms with Crippen molar-refractivity contribution >= 4 is 5.91 Å². The van der Waals surface area contributed by atoms with Crippen molar-refractivity contribution in [2.24, 2.45) is 5.92 Å². The number of amides is 1. The van der Waals surface area contributed by atoms with Gasteiger partial charge in [-0.15, -0.1) is 0 Å². The monoisotopic (exact) mass is 330 g/mol. The smallest absolute Gasteiger partial charge is 0.387 e. The van der Waals surface area contributed by atoms with Gasteiger partial charge >= 0.3 is 6.18 Å². The van der Waals surface area contributed by atoms with Crippen LogP contribution >= 0.6 is 0 Å². The van der Waals surface area contributed by atoms with Crippen LogP contribution in [0.1, 0.15) is 24.5 Å². The number of halogens is 3. The first-order valence-electron chi connectivity index (χ1n) is 7.65. The molecule has 128 valence electrons. The number of carbonyl (C=O) groups is 1. The molecular formula is C16H21F3N2O2. The molecule has 0 spiro atoms. The van der Waals surface area contributed by atoms with Gasteiger partial charge in [-0.3, -0.25) is 4.79 Å². The number of hydrogen-bond acceptors (Lipinski definition) is 3. The lowest BCUT2D eigenvalue weighted by atomic mass is 9.95. The maximum Gasteiger partial charge on any atom is 0.405 e. The number of benzene rings is 1. The Bertz CT molecular complexity index is 500. The maximum absolute atomic E-state index is 12.1. The van der Waals surface area contributed by atoms with Crippen molar-refractivity contribution in [2.75, 3.05) is 26.2 Å². The predicted octanol–water partition coefficient (Wildman–Crippen LogP) is 2.11. The second kappa shape index (κ2) is 7.79. The summed E-state index contributed by atoms with van der Waals surface area (Å²) in [6, 6.07) is 9.29. The number of piperidine rings is 1. The van der Waals surface area contributed by atoms with Crippen LogP contribution in [-0.2, 0) is 4.79 Å². The Hall–Kier alpha value is -1.60. The molecule has 1 atom stereocenters. The molecule has 7 heteroatoms. The molecular weight excluding hydrogens is 309 g/mol. The van der Waals surface area contributed by atoms with E-state index in [1.165, 1.54) is 0 Å². The molecule has 1 saturated heterocycles. The molecule has 1 aromatic rings. The number of aliphatic hydroxyl groups excluding tert-OH is 1. The zero-order valence-corrected chi connectivity index (χ0v) is 12.7. The number of nitrogens with one attached hydrogen (secondary N) is 1. The van der Waals surface area contributed by atoms with Crippen LogP contribution in [0.5, 0.6) is 0 Å². The first-order valence-corrected chi connectivity index (χ1v) is 7.65. The molecule has 0 unspecified atom stereocenters. The summed E-state index contributed by atoms with van der Waals surface area (Å²) in [5.41, 5.74) is 0.831. The Kier molecular flexibility index (Phi) is 6.01. The lowest BCUT2D eigenvalue weighted by Gasteiger charge is -2.32. The number of rotatable bonds is 5. The molecule has 2 N–H and O–H groups in total. The summed E-state index contributed by atoms with van der Waals surface area (Å²) in [4.78, 5) is 13.7. The Morgan fingerprint density at radius 2 is 1.87 bits per heavy atom. The molecule has 1 aliphatic rings. The van der Waals surface area contributed by atoms with Crippen molar-refractivity contribution in [2.45, 2.75) is 25.1 Å². The number of aliphatic hydroxyl groups is 1. The van der Waals surface area contributed by atoms with E-state index in [0.717, 1.165) is 5.56 Å². The van der Waals surface area contributed by atoms with Crippen LogP contribution in [0.3, 0.4) is 0 Å². The summed E-state index contributed by atoms with van der Waals surface area (Å²) >= 11 is 0. The van der Waals surface area contributed by atoms with Crippen LogP contribution in [0.4, 0.5) is 13.2 Å². The molecule has 1 fully saturated rings. The van der Waals surface area contributed by atoms with Crippen molar-refractivity contribution in [1.29, 1.82) is 0 Å². The van der Waals surface area contributed by atoms with Gasteiger partial charge in [0.25, 0.3) is 0 Å². The fourth-order valence-corrected chi connectivity index (χ4v) is 2.73. The van der Waals surface area contributed by atoms with Gasteiger partial charge in [-0.2, -0.15) is 13.2 Å². The Morgan fingerprint density at radius 1 is 1.26 bits per heavy atom. The molecule has 4 nitrogen and oxygen atoms in total. The van der Waals surface area contributed by atoms with E-state index in [-0.39, 0.29) is 5.92 Å². The van der Waals surface area contributed by atoms with E-state index in [9.17, 15) is 23.1 Å². The molecule has 0 aliphatic carbocycles. The zero-order chi connectivity index (χ0) is 16.9. The lowest BCUT2D eigenvalue weighted by molar-refractivity contribution is -0.141. The van der Waals surface area contributed by atoms with Gasteiger partial charge in [-0.1, -0.05) is 30.3 Å². The third-order valence-electron chi connectivity index (χ3n) is 4.04. The van der Waals surface area contributed by atoms with E-state index in [0.29, 0.717) is 32.5 Å². The van der Waals surface area contributed by atoms with Crippen molar-refractivity contribution in [1.82, 2.24) is 10.2 Å². The van der Waals surface area contributed by atoms with Crippen LogP contribution in [-0.4, -0.2) is 48.3 Å². The van der Waals surface area contributed by atoms with Crippen LogP contribution in [0.25, 0.3) is 0 Å². The number of hydrogen-bond donors (Lipinski definition) is 2. The maximum atomic E-state index is 12.1. The van der Waals surface area contributed by atoms with E-state index in [4.69, 9.17) is 0 Å². The standard InChI is InChI=1S/C16H21F3N2O2/c17-16(18,19)11-20-15(23)13-6-8-21(9-7-13)10-14(22)12-4-2-1-3-5-12/h1-5,13-14,22H,6-11H2,(H,20,23)/t14-/m0/s1. The summed E-state index contributed by atoms with van der Waals surface area (Å²) in [7, 11) is 0. The molecule has 0 aromatic heterocycles. The lowest BCUT2D eigenvalue weighted by Crippen LogP contribution is -2.43. The number of likely N-dealkylation sites (tertiary alicyclic amines) is 1. The van der Waals surface area contributed by atoms with E-state index in [1.807, 2.05) is 40.5 Å². The summed E-state index contributed by atoms with van der Waals surface area (Å²) in [5, 5.41) is 12.1. The Labute approximate surface area is 133 Å². The fraction of sp³-hybridized carbons (Fsp3) is 0.562. The molecule has 1 heterocycles. The minimum atomic E-state index is -4.38. The van der Waals surface area contributed by atoms with Gasteiger partial charge in [0.1, 0.15) is 6.54 Å². The molecule has 0 radical (unpaired) electrons. The number of carbonyl (C=O) groups excluding carboxylic acids is 1. The van der Waals surface area contributed by atoms with Crippen molar-refractivity contribution < 1.29 is 23.1 Å². The van der Waals surface area contributed by atoms with Crippen LogP contribution < -0.4 is 5.32 Å². The van der Waals surface area contributed by atoms with Gasteiger partial charge in [0, 0.05) is 12.5 Å². The topological polar surface area (TPSA) is 52.6 Å². The highest BCUT2D eigenvalue weighted by Gasteiger charge is 2.31. The number of alkyl halides is 3. The molecule has 0 saturated carbocycles. The van der Waals surface area contributed by atoms with Gasteiger partial charge in [0.05, 0.1) is 6.10 Å². The molecule has 23 heavy (non-hydrogen) atoms. The minimum absolute atomic E-state index is 0.387. The Balaban J connectivity index is 1.74. The largest absolute Gasteiger partial charge is 0.405 e. The Morgan fingerprint density at radius 3 is 2.43 bits per heavy atom. The summed E-state index contributed by atoms with van der Waals surface area (Å²) in [5.74, 6) is -0.923. The van der Waals surface area contributed by atoms with Crippen LogP contribution in [0, 0.1) is 5.92 Å². The quantitative estimate of drug-likeness (QED) is 0.869. The van der Waals surface area contributed by atoms with Gasteiger partial charge in [0.15, 0.2) is 0 Å². The van der Waals surface area contributed by atoms with Gasteiger partial charge in [-0.05, 0) is 31.5 Å². The average molecular weight is 330 g/mol. The molecule has 1 aromatic carbocycles. The highest BCUT2D eigenvalue weighted by molar-refractivity contribution is 5.78. The third kappa shape index (κ3) is 5.84. The number of nitrogens with zero attached hydrogens (tertiary/aromatic N) is 1. The number of β-amino-alcohol motifs (C(OH)–C–C–N with tert-alkyl or cyclic N) is 1. The van der Waals surface area contributed by atoms with Gasteiger partial charge in [0.2, 0.25) is 5.91 Å². The summed E-state index contributed by atoms with van der Waals surface area (Å²) in [6.45, 7) is 0.363. The normalized spacial score (nSPS) is 18.6. The predicted molar refractivity (Wildman–Crippen MR) is 79.6 cm³/mol. The van der Waals surface area contributed by atoms with E-state index < -0.39 is 24.7 Å². The average Bonchev–Trinajstić information content (AvgIpc) is 2.53. The molecule has 1 amide bonds. The summed E-state index contributed by atoms with van der Waals surface area (Å²) < 4.78 is 36.3. The third-order valence-corrected chi connectivity index (χ3v) is 4.04. The zero-order valence-electron chi connectivity index (χ0n) is 12.7. The van der Waals surface area contributed by atoms with Gasteiger partial charge in [-0.25, -0.2) is 0 Å². The van der Waals surface area contributed by atoms with E-state index in [2.05, 4.69) is 0 Å². The second-order valence-corrected chi connectivity index (χ2v) is 5.83. The van der Waals surface area contributed by atoms with Crippen LogP contribution in [0.15, 0.2) is 30.3 Å². The fourth-order valence-electron chi connectivity index (χ4n) is 2.73. The molecule has 2 rings (SSSR count). The van der Waals surface area contributed by atoms with Crippen molar-refractivity contribution in [3.8, 4) is 0 Å². The van der Waals surface area contributed by atoms with Crippen molar-refractivity contribution in [3.05, 3.63) is 35.9 Å². The highest BCUT2D eigenvalue weighted by atomic mass is 19.4. The SMILES string of the molecule is O=C(NCC(F)(F)F)C1CCN(C[C@H](O)c2ccccc2)CC1. The van der Waals surface area contributed by atoms with Crippen LogP contribution in [0.2, 0.25) is 0 Å². The molecule has 0 bridgehead atoms. The minimum Gasteiger partial charge on any atom is -0.387 e. The van der Waals surface area contributed by atoms with E-state index >= 15 is 0 Å². The second-order valence-electron chi connectivity index (χ2n) is 5.83. The molecule has 1 aliphatic heterocycles. The van der Waals surface area contributed by atoms with E-state index in [1.54, 1.807) is 0 Å². The van der Waals surface area contributed by atoms with Gasteiger partial charge < -0.3 is 15.3 Å². The van der Waals surface area contributed by atoms with Crippen molar-refractivity contribution in [3.63, 3.8) is 0 Å². The highest BCUT2D eigenvalue weighted by Crippen LogP contribution is 2.21. The summed E-state index contributed by atoms with van der Waals surface area (Å²) in [6.07, 6.45) is -3.97.